The summed E-state index contributed by atoms with van der Waals surface area (Å²) >= 11 is 0. The number of carbonyl (C=O) groups excluding carboxylic acids is 1. The third-order valence-corrected chi connectivity index (χ3v) is 5.32. The Morgan fingerprint density at radius 1 is 1.17 bits per heavy atom. The molecule has 0 unspecified atom stereocenters. The van der Waals surface area contributed by atoms with Crippen LogP contribution in [-0.2, 0) is 13.0 Å². The van der Waals surface area contributed by atoms with Crippen LogP contribution in [-0.4, -0.2) is 24.7 Å². The van der Waals surface area contributed by atoms with Gasteiger partial charge in [-0.15, -0.1) is 0 Å². The van der Waals surface area contributed by atoms with Gasteiger partial charge in [-0.1, -0.05) is 23.4 Å². The number of rotatable bonds is 5. The Bertz CT molecular complexity index is 1020. The number of carbonyl (C=O) groups is 1. The molecule has 1 aliphatic heterocycles. The largest absolute Gasteiger partial charge is 0.493 e. The molecule has 4 rings (SSSR count). The number of hydrogen-bond acceptors (Lipinski definition) is 5. The van der Waals surface area contributed by atoms with E-state index in [-0.39, 0.29) is 5.91 Å². The maximum absolute atomic E-state index is 13.2. The van der Waals surface area contributed by atoms with Crippen molar-refractivity contribution in [1.82, 2.24) is 5.16 Å². The van der Waals surface area contributed by atoms with Crippen molar-refractivity contribution in [3.05, 3.63) is 70.6 Å². The molecular formula is C23H24N2O4. The Labute approximate surface area is 170 Å². The number of anilines is 1. The molecule has 0 spiro atoms. The number of nitrogens with zero attached hydrogens (tertiary/aromatic N) is 2. The molecule has 1 aliphatic rings. The zero-order chi connectivity index (χ0) is 20.4. The highest BCUT2D eigenvalue weighted by Gasteiger charge is 2.24. The number of ether oxygens (including phenoxy) is 2. The van der Waals surface area contributed by atoms with Crippen molar-refractivity contribution >= 4 is 11.6 Å². The summed E-state index contributed by atoms with van der Waals surface area (Å²) in [6, 6.07) is 13.4. The Morgan fingerprint density at radius 2 is 2.00 bits per heavy atom. The standard InChI is InChI=1S/C23H24N2O4/c1-15-19(16(2)29-24-15)14-28-21-11-10-18(13-22(21)27-3)23(26)25-12-6-8-17-7-4-5-9-20(17)25/h4-5,7,9-11,13H,6,8,12,14H2,1-3H3. The van der Waals surface area contributed by atoms with Crippen molar-refractivity contribution in [3.63, 3.8) is 0 Å². The summed E-state index contributed by atoms with van der Waals surface area (Å²) in [4.78, 5) is 15.0. The molecule has 6 nitrogen and oxygen atoms in total. The summed E-state index contributed by atoms with van der Waals surface area (Å²) in [7, 11) is 1.57. The van der Waals surface area contributed by atoms with Crippen LogP contribution >= 0.6 is 0 Å². The first-order chi connectivity index (χ1) is 14.1. The Hall–Kier alpha value is -3.28. The van der Waals surface area contributed by atoms with Gasteiger partial charge in [-0.3, -0.25) is 4.79 Å². The molecule has 0 aliphatic carbocycles. The normalized spacial score (nSPS) is 13.1. The van der Waals surface area contributed by atoms with Gasteiger partial charge in [0.15, 0.2) is 11.5 Å². The van der Waals surface area contributed by atoms with Gasteiger partial charge in [-0.2, -0.15) is 0 Å². The zero-order valence-corrected chi connectivity index (χ0v) is 16.9. The molecule has 0 bridgehead atoms. The van der Waals surface area contributed by atoms with Gasteiger partial charge >= 0.3 is 0 Å². The fourth-order valence-corrected chi connectivity index (χ4v) is 3.68. The minimum atomic E-state index is -0.0345. The summed E-state index contributed by atoms with van der Waals surface area (Å²) in [5.74, 6) is 1.79. The summed E-state index contributed by atoms with van der Waals surface area (Å²) in [5.41, 5.74) is 4.48. The van der Waals surface area contributed by atoms with Gasteiger partial charge in [0.2, 0.25) is 0 Å². The highest BCUT2D eigenvalue weighted by molar-refractivity contribution is 6.07. The predicted molar refractivity (Wildman–Crippen MR) is 110 cm³/mol. The number of benzene rings is 2. The van der Waals surface area contributed by atoms with Crippen LogP contribution in [0.3, 0.4) is 0 Å². The van der Waals surface area contributed by atoms with Crippen LogP contribution in [0, 0.1) is 13.8 Å². The molecule has 3 aromatic rings. The van der Waals surface area contributed by atoms with E-state index in [0.29, 0.717) is 30.2 Å². The maximum Gasteiger partial charge on any atom is 0.258 e. The summed E-state index contributed by atoms with van der Waals surface area (Å²) in [6.45, 7) is 4.77. The summed E-state index contributed by atoms with van der Waals surface area (Å²) in [5, 5.41) is 3.94. The van der Waals surface area contributed by atoms with Crippen LogP contribution < -0.4 is 14.4 Å². The molecular weight excluding hydrogens is 368 g/mol. The van der Waals surface area contributed by atoms with E-state index in [9.17, 15) is 4.79 Å². The zero-order valence-electron chi connectivity index (χ0n) is 16.9. The maximum atomic E-state index is 13.2. The van der Waals surface area contributed by atoms with Crippen LogP contribution in [0.15, 0.2) is 47.0 Å². The van der Waals surface area contributed by atoms with Crippen LogP contribution in [0.25, 0.3) is 0 Å². The lowest BCUT2D eigenvalue weighted by Crippen LogP contribution is -2.35. The van der Waals surface area contributed by atoms with Crippen LogP contribution in [0.2, 0.25) is 0 Å². The second-order valence-corrected chi connectivity index (χ2v) is 7.15. The fourth-order valence-electron chi connectivity index (χ4n) is 3.68. The van der Waals surface area contributed by atoms with Crippen molar-refractivity contribution in [2.24, 2.45) is 0 Å². The highest BCUT2D eigenvalue weighted by atomic mass is 16.5. The number of fused-ring (bicyclic) bond motifs is 1. The lowest BCUT2D eigenvalue weighted by molar-refractivity contribution is 0.0984. The second kappa shape index (κ2) is 7.99. The number of hydrogen-bond donors (Lipinski definition) is 0. The molecule has 2 aromatic carbocycles. The van der Waals surface area contributed by atoms with Gasteiger partial charge < -0.3 is 18.9 Å². The SMILES string of the molecule is COc1cc(C(=O)N2CCCc3ccccc32)ccc1OCc1c(C)noc1C. The molecule has 0 fully saturated rings. The fraction of sp³-hybridized carbons (Fsp3) is 0.304. The van der Waals surface area contributed by atoms with Gasteiger partial charge in [-0.05, 0) is 56.5 Å². The number of para-hydroxylation sites is 1. The van der Waals surface area contributed by atoms with Gasteiger partial charge in [0.05, 0.1) is 18.4 Å². The minimum absolute atomic E-state index is 0.0345. The Kier molecular flexibility index (Phi) is 5.25. The molecule has 0 saturated heterocycles. The van der Waals surface area contributed by atoms with Crippen LogP contribution in [0.1, 0.15) is 39.4 Å². The Balaban J connectivity index is 1.56. The van der Waals surface area contributed by atoms with Crippen molar-refractivity contribution in [2.45, 2.75) is 33.3 Å². The first kappa shape index (κ1) is 19.1. The van der Waals surface area contributed by atoms with Crippen molar-refractivity contribution in [3.8, 4) is 11.5 Å². The molecule has 6 heteroatoms. The van der Waals surface area contributed by atoms with Gasteiger partial charge in [0, 0.05) is 17.8 Å². The van der Waals surface area contributed by atoms with E-state index in [0.717, 1.165) is 35.5 Å². The number of aromatic nitrogens is 1. The molecule has 0 saturated carbocycles. The van der Waals surface area contributed by atoms with Gasteiger partial charge in [0.25, 0.3) is 5.91 Å². The molecule has 1 amide bonds. The number of methoxy groups -OCH3 is 1. The minimum Gasteiger partial charge on any atom is -0.493 e. The van der Waals surface area contributed by atoms with Crippen LogP contribution in [0.4, 0.5) is 5.69 Å². The topological polar surface area (TPSA) is 64.8 Å². The van der Waals surface area contributed by atoms with Gasteiger partial charge in [-0.25, -0.2) is 0 Å². The first-order valence-corrected chi connectivity index (χ1v) is 9.71. The lowest BCUT2D eigenvalue weighted by atomic mass is 10.0. The van der Waals surface area contributed by atoms with E-state index >= 15 is 0 Å². The Morgan fingerprint density at radius 3 is 2.76 bits per heavy atom. The summed E-state index contributed by atoms with van der Waals surface area (Å²) < 4.78 is 16.6. The third-order valence-electron chi connectivity index (χ3n) is 5.32. The molecule has 150 valence electrons. The molecule has 0 atom stereocenters. The molecule has 0 N–H and O–H groups in total. The first-order valence-electron chi connectivity index (χ1n) is 9.71. The molecule has 2 heterocycles. The second-order valence-electron chi connectivity index (χ2n) is 7.15. The molecule has 1 aromatic heterocycles. The van der Waals surface area contributed by atoms with Crippen LogP contribution in [0.5, 0.6) is 11.5 Å². The van der Waals surface area contributed by atoms with E-state index in [4.69, 9.17) is 14.0 Å². The van der Waals surface area contributed by atoms with Gasteiger partial charge in [0.1, 0.15) is 12.4 Å². The molecule has 0 radical (unpaired) electrons. The number of amides is 1. The third kappa shape index (κ3) is 3.70. The van der Waals surface area contributed by atoms with Crippen molar-refractivity contribution in [2.75, 3.05) is 18.6 Å². The molecule has 29 heavy (non-hydrogen) atoms. The van der Waals surface area contributed by atoms with Crippen molar-refractivity contribution < 1.29 is 18.8 Å². The number of aryl methyl sites for hydroxylation is 3. The van der Waals surface area contributed by atoms with E-state index in [1.807, 2.05) is 36.9 Å². The average molecular weight is 392 g/mol. The van der Waals surface area contributed by atoms with E-state index in [1.54, 1.807) is 25.3 Å². The average Bonchev–Trinajstić information content (AvgIpc) is 3.08. The quantitative estimate of drug-likeness (QED) is 0.641. The summed E-state index contributed by atoms with van der Waals surface area (Å²) in [6.07, 6.45) is 1.95. The monoisotopic (exact) mass is 392 g/mol. The van der Waals surface area contributed by atoms with E-state index in [2.05, 4.69) is 11.2 Å². The van der Waals surface area contributed by atoms with E-state index in [1.165, 1.54) is 5.56 Å². The van der Waals surface area contributed by atoms with Crippen molar-refractivity contribution in [1.29, 1.82) is 0 Å². The van der Waals surface area contributed by atoms with E-state index < -0.39 is 0 Å². The lowest BCUT2D eigenvalue weighted by Gasteiger charge is -2.29. The highest BCUT2D eigenvalue weighted by Crippen LogP contribution is 2.32. The predicted octanol–water partition coefficient (Wildman–Crippen LogP) is 4.47. The smallest absolute Gasteiger partial charge is 0.258 e.